The number of hydrogen-bond donors (Lipinski definition) is 1. The molecule has 3 heteroatoms. The smallest absolute Gasteiger partial charge is 0.0453 e. The summed E-state index contributed by atoms with van der Waals surface area (Å²) in [5.74, 6) is 0. The topological polar surface area (TPSA) is 15.3 Å². The summed E-state index contributed by atoms with van der Waals surface area (Å²) in [5, 5.41) is 4.30. The van der Waals surface area contributed by atoms with Crippen molar-refractivity contribution in [3.05, 3.63) is 64.7 Å². The molecule has 0 fully saturated rings. The van der Waals surface area contributed by atoms with E-state index in [9.17, 15) is 0 Å². The molecule has 112 valence electrons. The third-order valence-electron chi connectivity index (χ3n) is 3.83. The highest BCUT2D eigenvalue weighted by Crippen LogP contribution is 2.25. The van der Waals surface area contributed by atoms with Crippen molar-refractivity contribution >= 4 is 17.3 Å². The van der Waals surface area contributed by atoms with Gasteiger partial charge in [0.1, 0.15) is 0 Å². The summed E-state index contributed by atoms with van der Waals surface area (Å²) in [6.07, 6.45) is 0. The van der Waals surface area contributed by atoms with Gasteiger partial charge in [-0.3, -0.25) is 4.90 Å². The molecule has 0 saturated carbocycles. The van der Waals surface area contributed by atoms with Crippen LogP contribution in [0.4, 0.5) is 5.69 Å². The van der Waals surface area contributed by atoms with E-state index < -0.39 is 0 Å². The van der Waals surface area contributed by atoms with Gasteiger partial charge in [0.05, 0.1) is 0 Å². The van der Waals surface area contributed by atoms with Crippen LogP contribution in [-0.4, -0.2) is 25.0 Å². The molecule has 0 saturated heterocycles. The highest BCUT2D eigenvalue weighted by molar-refractivity contribution is 6.31. The van der Waals surface area contributed by atoms with Crippen LogP contribution in [0.3, 0.4) is 0 Å². The van der Waals surface area contributed by atoms with Crippen molar-refractivity contribution in [3.8, 4) is 0 Å². The van der Waals surface area contributed by atoms with Gasteiger partial charge in [0.25, 0.3) is 0 Å². The lowest BCUT2D eigenvalue weighted by molar-refractivity contribution is 0.272. The lowest BCUT2D eigenvalue weighted by Crippen LogP contribution is -2.28. The molecule has 0 amide bonds. The summed E-state index contributed by atoms with van der Waals surface area (Å²) < 4.78 is 0. The zero-order valence-electron chi connectivity index (χ0n) is 12.9. The van der Waals surface area contributed by atoms with Gasteiger partial charge in [-0.1, -0.05) is 41.9 Å². The second-order valence-electron chi connectivity index (χ2n) is 5.47. The van der Waals surface area contributed by atoms with Gasteiger partial charge in [-0.05, 0) is 50.2 Å². The number of benzene rings is 2. The highest BCUT2D eigenvalue weighted by atomic mass is 35.5. The van der Waals surface area contributed by atoms with Crippen LogP contribution >= 0.6 is 11.6 Å². The number of nitrogens with zero attached hydrogens (tertiary/aromatic N) is 1. The molecule has 0 aromatic heterocycles. The lowest BCUT2D eigenvalue weighted by Gasteiger charge is -2.26. The van der Waals surface area contributed by atoms with E-state index in [1.807, 2.05) is 18.2 Å². The van der Waals surface area contributed by atoms with Gasteiger partial charge in [-0.25, -0.2) is 0 Å². The second kappa shape index (κ2) is 7.48. The summed E-state index contributed by atoms with van der Waals surface area (Å²) in [4.78, 5) is 2.31. The average Bonchev–Trinajstić information content (AvgIpc) is 2.47. The monoisotopic (exact) mass is 302 g/mol. The number of nitrogens with one attached hydrogen (secondary N) is 1. The predicted octanol–water partition coefficient (Wildman–Crippen LogP) is 4.75. The fraction of sp³-hybridized carbons (Fsp3) is 0.333. The molecule has 21 heavy (non-hydrogen) atoms. The molecular weight excluding hydrogens is 280 g/mol. The quantitative estimate of drug-likeness (QED) is 0.828. The van der Waals surface area contributed by atoms with Gasteiger partial charge >= 0.3 is 0 Å². The first-order valence-electron chi connectivity index (χ1n) is 7.33. The summed E-state index contributed by atoms with van der Waals surface area (Å²) in [7, 11) is 2.13. The van der Waals surface area contributed by atoms with Crippen molar-refractivity contribution in [2.75, 3.05) is 25.5 Å². The normalized spacial score (nSPS) is 12.4. The van der Waals surface area contributed by atoms with Crippen LogP contribution < -0.4 is 5.32 Å². The number of rotatable bonds is 6. The predicted molar refractivity (Wildman–Crippen MR) is 92.2 cm³/mol. The highest BCUT2D eigenvalue weighted by Gasteiger charge is 2.13. The fourth-order valence-electron chi connectivity index (χ4n) is 2.38. The Morgan fingerprint density at radius 1 is 1.14 bits per heavy atom. The first-order valence-corrected chi connectivity index (χ1v) is 7.71. The van der Waals surface area contributed by atoms with E-state index >= 15 is 0 Å². The Hall–Kier alpha value is -1.51. The van der Waals surface area contributed by atoms with E-state index in [0.29, 0.717) is 6.04 Å². The third-order valence-corrected chi connectivity index (χ3v) is 4.17. The van der Waals surface area contributed by atoms with Gasteiger partial charge in [0, 0.05) is 29.8 Å². The van der Waals surface area contributed by atoms with Crippen molar-refractivity contribution in [2.45, 2.75) is 19.9 Å². The maximum absolute atomic E-state index is 6.27. The van der Waals surface area contributed by atoms with Crippen molar-refractivity contribution < 1.29 is 0 Å². The standard InChI is InChI=1S/C18H23ClN2/c1-14-7-6-8-16(13-14)20-11-12-21(3)15(2)17-9-4-5-10-18(17)19/h4-10,13,15,20H,11-12H2,1-3H3. The van der Waals surface area contributed by atoms with E-state index in [4.69, 9.17) is 11.6 Å². The van der Waals surface area contributed by atoms with E-state index in [0.717, 1.165) is 18.1 Å². The van der Waals surface area contributed by atoms with Crippen LogP contribution in [0.1, 0.15) is 24.1 Å². The van der Waals surface area contributed by atoms with Gasteiger partial charge in [-0.15, -0.1) is 0 Å². The minimum Gasteiger partial charge on any atom is -0.384 e. The molecular formula is C18H23ClN2. The van der Waals surface area contributed by atoms with Crippen LogP contribution in [0.2, 0.25) is 5.02 Å². The molecule has 1 atom stereocenters. The maximum Gasteiger partial charge on any atom is 0.0453 e. The molecule has 1 unspecified atom stereocenters. The molecule has 0 radical (unpaired) electrons. The van der Waals surface area contributed by atoms with E-state index in [2.05, 4.69) is 61.4 Å². The Balaban J connectivity index is 1.87. The van der Waals surface area contributed by atoms with Gasteiger partial charge in [-0.2, -0.15) is 0 Å². The molecule has 0 heterocycles. The zero-order chi connectivity index (χ0) is 15.2. The third kappa shape index (κ3) is 4.48. The Labute approximate surface area is 132 Å². The van der Waals surface area contributed by atoms with Gasteiger partial charge < -0.3 is 5.32 Å². The Morgan fingerprint density at radius 3 is 2.62 bits per heavy atom. The molecule has 2 nitrogen and oxygen atoms in total. The second-order valence-corrected chi connectivity index (χ2v) is 5.88. The van der Waals surface area contributed by atoms with E-state index in [1.54, 1.807) is 0 Å². The Morgan fingerprint density at radius 2 is 1.90 bits per heavy atom. The Kier molecular flexibility index (Phi) is 5.66. The van der Waals surface area contributed by atoms with E-state index in [1.165, 1.54) is 16.8 Å². The van der Waals surface area contributed by atoms with Gasteiger partial charge in [0.15, 0.2) is 0 Å². The van der Waals surface area contributed by atoms with Crippen LogP contribution in [-0.2, 0) is 0 Å². The fourth-order valence-corrected chi connectivity index (χ4v) is 2.67. The average molecular weight is 303 g/mol. The van der Waals surface area contributed by atoms with Crippen molar-refractivity contribution in [3.63, 3.8) is 0 Å². The molecule has 0 aliphatic carbocycles. The maximum atomic E-state index is 6.27. The molecule has 1 N–H and O–H groups in total. The first kappa shape index (κ1) is 15.9. The first-order chi connectivity index (χ1) is 10.1. The minimum atomic E-state index is 0.304. The summed E-state index contributed by atoms with van der Waals surface area (Å²) in [6, 6.07) is 16.8. The number of anilines is 1. The molecule has 0 aliphatic heterocycles. The SMILES string of the molecule is Cc1cccc(NCCN(C)C(C)c2ccccc2Cl)c1. The van der Waals surface area contributed by atoms with Crippen molar-refractivity contribution in [1.29, 1.82) is 0 Å². The van der Waals surface area contributed by atoms with Crippen molar-refractivity contribution in [2.24, 2.45) is 0 Å². The molecule has 2 aromatic rings. The summed E-state index contributed by atoms with van der Waals surface area (Å²) in [5.41, 5.74) is 3.63. The number of halogens is 1. The van der Waals surface area contributed by atoms with Crippen LogP contribution in [0.5, 0.6) is 0 Å². The number of likely N-dealkylation sites (N-methyl/N-ethyl adjacent to an activating group) is 1. The van der Waals surface area contributed by atoms with Crippen LogP contribution in [0.15, 0.2) is 48.5 Å². The summed E-state index contributed by atoms with van der Waals surface area (Å²) in [6.45, 7) is 6.17. The zero-order valence-corrected chi connectivity index (χ0v) is 13.7. The largest absolute Gasteiger partial charge is 0.384 e. The van der Waals surface area contributed by atoms with Crippen molar-refractivity contribution in [1.82, 2.24) is 4.90 Å². The summed E-state index contributed by atoms with van der Waals surface area (Å²) >= 11 is 6.27. The molecule has 0 aliphatic rings. The molecule has 2 aromatic carbocycles. The van der Waals surface area contributed by atoms with Crippen LogP contribution in [0.25, 0.3) is 0 Å². The minimum absolute atomic E-state index is 0.304. The lowest BCUT2D eigenvalue weighted by atomic mass is 10.1. The molecule has 2 rings (SSSR count). The van der Waals surface area contributed by atoms with Gasteiger partial charge in [0.2, 0.25) is 0 Å². The van der Waals surface area contributed by atoms with Crippen LogP contribution in [0, 0.1) is 6.92 Å². The molecule has 0 spiro atoms. The number of hydrogen-bond acceptors (Lipinski definition) is 2. The Bertz CT molecular complexity index is 583. The molecule has 0 bridgehead atoms. The number of aryl methyl sites for hydroxylation is 1. The van der Waals surface area contributed by atoms with E-state index in [-0.39, 0.29) is 0 Å².